The second-order valence-corrected chi connectivity index (χ2v) is 6.35. The maximum Gasteiger partial charge on any atom is 0.336 e. The molecule has 8 heteroatoms. The molecule has 1 unspecified atom stereocenters. The SMILES string of the molecule is CCNC(=O)NC(=O)C(C)Sc1cc(Br)ccc1C(=O)O. The van der Waals surface area contributed by atoms with Crippen molar-refractivity contribution < 1.29 is 19.5 Å². The summed E-state index contributed by atoms with van der Waals surface area (Å²) in [7, 11) is 0. The Morgan fingerprint density at radius 2 is 2.05 bits per heavy atom. The molecule has 1 aromatic carbocycles. The number of nitrogens with one attached hydrogen (secondary N) is 2. The molecule has 0 aliphatic rings. The minimum absolute atomic E-state index is 0.112. The van der Waals surface area contributed by atoms with Gasteiger partial charge in [-0.1, -0.05) is 15.9 Å². The van der Waals surface area contributed by atoms with Crippen molar-refractivity contribution in [3.63, 3.8) is 0 Å². The van der Waals surface area contributed by atoms with E-state index in [0.29, 0.717) is 15.9 Å². The lowest BCUT2D eigenvalue weighted by molar-refractivity contribution is -0.119. The zero-order chi connectivity index (χ0) is 16.0. The summed E-state index contributed by atoms with van der Waals surface area (Å²) in [6.07, 6.45) is 0. The summed E-state index contributed by atoms with van der Waals surface area (Å²) in [4.78, 5) is 34.7. The number of thioether (sulfide) groups is 1. The molecular weight excluding hydrogens is 360 g/mol. The average Bonchev–Trinajstić information content (AvgIpc) is 2.38. The number of urea groups is 1. The summed E-state index contributed by atoms with van der Waals surface area (Å²) in [5, 5.41) is 13.2. The lowest BCUT2D eigenvalue weighted by Gasteiger charge is -2.13. The Hall–Kier alpha value is -1.54. The van der Waals surface area contributed by atoms with Crippen LogP contribution in [0.5, 0.6) is 0 Å². The first-order chi connectivity index (χ1) is 9.85. The van der Waals surface area contributed by atoms with Gasteiger partial charge in [0.25, 0.3) is 0 Å². The van der Waals surface area contributed by atoms with Crippen LogP contribution in [-0.4, -0.2) is 34.8 Å². The number of hydrogen-bond acceptors (Lipinski definition) is 4. The third kappa shape index (κ3) is 5.39. The second kappa shape index (κ2) is 8.04. The lowest BCUT2D eigenvalue weighted by Crippen LogP contribution is -2.42. The van der Waals surface area contributed by atoms with Gasteiger partial charge in [-0.25, -0.2) is 9.59 Å². The van der Waals surface area contributed by atoms with E-state index in [-0.39, 0.29) is 5.56 Å². The van der Waals surface area contributed by atoms with Gasteiger partial charge in [0.2, 0.25) is 5.91 Å². The van der Waals surface area contributed by atoms with Gasteiger partial charge in [0.05, 0.1) is 10.8 Å². The van der Waals surface area contributed by atoms with Crippen LogP contribution in [0.25, 0.3) is 0 Å². The van der Waals surface area contributed by atoms with Crippen molar-refractivity contribution in [1.82, 2.24) is 10.6 Å². The van der Waals surface area contributed by atoms with Crippen LogP contribution in [0.4, 0.5) is 4.79 Å². The summed E-state index contributed by atoms with van der Waals surface area (Å²) < 4.78 is 0.714. The van der Waals surface area contributed by atoms with Crippen molar-refractivity contribution >= 4 is 45.6 Å². The number of benzene rings is 1. The van der Waals surface area contributed by atoms with Gasteiger partial charge in [0.15, 0.2) is 0 Å². The summed E-state index contributed by atoms with van der Waals surface area (Å²) in [5.74, 6) is -1.55. The normalized spacial score (nSPS) is 11.6. The number of carboxylic acid groups (broad SMARTS) is 1. The van der Waals surface area contributed by atoms with Crippen molar-refractivity contribution in [3.05, 3.63) is 28.2 Å². The topological polar surface area (TPSA) is 95.5 Å². The molecule has 0 heterocycles. The first-order valence-corrected chi connectivity index (χ1v) is 7.80. The van der Waals surface area contributed by atoms with Crippen LogP contribution >= 0.6 is 27.7 Å². The Morgan fingerprint density at radius 1 is 1.38 bits per heavy atom. The Balaban J connectivity index is 2.80. The molecule has 0 fully saturated rings. The summed E-state index contributed by atoms with van der Waals surface area (Å²) >= 11 is 4.34. The molecule has 1 aromatic rings. The highest BCUT2D eigenvalue weighted by atomic mass is 79.9. The quantitative estimate of drug-likeness (QED) is 0.688. The number of rotatable bonds is 5. The molecule has 3 amide bonds. The predicted octanol–water partition coefficient (Wildman–Crippen LogP) is 2.47. The van der Waals surface area contributed by atoms with Gasteiger partial charge >= 0.3 is 12.0 Å². The predicted molar refractivity (Wildman–Crippen MR) is 83.6 cm³/mol. The Bertz CT molecular complexity index is 565. The maximum atomic E-state index is 11.8. The first-order valence-electron chi connectivity index (χ1n) is 6.13. The van der Waals surface area contributed by atoms with Gasteiger partial charge in [-0.2, -0.15) is 0 Å². The van der Waals surface area contributed by atoms with E-state index in [2.05, 4.69) is 26.6 Å². The van der Waals surface area contributed by atoms with E-state index in [1.807, 2.05) is 0 Å². The Labute approximate surface area is 134 Å². The van der Waals surface area contributed by atoms with Gasteiger partial charge in [-0.05, 0) is 32.0 Å². The van der Waals surface area contributed by atoms with Crippen LogP contribution in [0, 0.1) is 0 Å². The van der Waals surface area contributed by atoms with E-state index in [1.165, 1.54) is 6.07 Å². The summed E-state index contributed by atoms with van der Waals surface area (Å²) in [6, 6.07) is 4.14. The fourth-order valence-corrected chi connectivity index (χ4v) is 2.97. The monoisotopic (exact) mass is 374 g/mol. The summed E-state index contributed by atoms with van der Waals surface area (Å²) in [6.45, 7) is 3.75. The maximum absolute atomic E-state index is 11.8. The van der Waals surface area contributed by atoms with Gasteiger partial charge in [0.1, 0.15) is 0 Å². The fraction of sp³-hybridized carbons (Fsp3) is 0.308. The second-order valence-electron chi connectivity index (χ2n) is 4.05. The van der Waals surface area contributed by atoms with Crippen LogP contribution < -0.4 is 10.6 Å². The van der Waals surface area contributed by atoms with E-state index in [4.69, 9.17) is 5.11 Å². The van der Waals surface area contributed by atoms with Crippen molar-refractivity contribution in [2.45, 2.75) is 24.0 Å². The van der Waals surface area contributed by atoms with E-state index in [9.17, 15) is 14.4 Å². The van der Waals surface area contributed by atoms with Crippen LogP contribution in [-0.2, 0) is 4.79 Å². The van der Waals surface area contributed by atoms with Crippen LogP contribution in [0.1, 0.15) is 24.2 Å². The lowest BCUT2D eigenvalue weighted by atomic mass is 10.2. The van der Waals surface area contributed by atoms with Gasteiger partial charge in [0, 0.05) is 15.9 Å². The van der Waals surface area contributed by atoms with Gasteiger partial charge in [-0.3, -0.25) is 10.1 Å². The molecule has 3 N–H and O–H groups in total. The minimum Gasteiger partial charge on any atom is -0.478 e. The zero-order valence-electron chi connectivity index (χ0n) is 11.5. The number of halogens is 1. The van der Waals surface area contributed by atoms with Crippen molar-refractivity contribution in [2.24, 2.45) is 0 Å². The largest absolute Gasteiger partial charge is 0.478 e. The average molecular weight is 375 g/mol. The first kappa shape index (κ1) is 17.5. The van der Waals surface area contributed by atoms with Crippen LogP contribution in [0.2, 0.25) is 0 Å². The Morgan fingerprint density at radius 3 is 2.62 bits per heavy atom. The summed E-state index contributed by atoms with van der Waals surface area (Å²) in [5.41, 5.74) is 0.112. The van der Waals surface area contributed by atoms with E-state index in [1.54, 1.807) is 26.0 Å². The van der Waals surface area contributed by atoms with Crippen molar-refractivity contribution in [3.8, 4) is 0 Å². The molecule has 1 rings (SSSR count). The number of hydrogen-bond donors (Lipinski definition) is 3. The van der Waals surface area contributed by atoms with Gasteiger partial charge < -0.3 is 10.4 Å². The number of imide groups is 1. The van der Waals surface area contributed by atoms with Crippen LogP contribution in [0.3, 0.4) is 0 Å². The molecule has 6 nitrogen and oxygen atoms in total. The smallest absolute Gasteiger partial charge is 0.336 e. The molecule has 114 valence electrons. The Kier molecular flexibility index (Phi) is 6.70. The number of carboxylic acids is 1. The fourth-order valence-electron chi connectivity index (χ4n) is 1.43. The number of carbonyl (C=O) groups excluding carboxylic acids is 2. The molecule has 0 aliphatic heterocycles. The minimum atomic E-state index is -1.07. The molecule has 21 heavy (non-hydrogen) atoms. The number of carbonyl (C=O) groups is 3. The third-order valence-electron chi connectivity index (χ3n) is 2.42. The number of aromatic carboxylic acids is 1. The highest BCUT2D eigenvalue weighted by molar-refractivity contribution is 9.10. The molecule has 0 aliphatic carbocycles. The standard InChI is InChI=1S/C13H15BrN2O4S/c1-3-15-13(20)16-11(17)7(2)21-10-6-8(14)4-5-9(10)12(18)19/h4-7H,3H2,1-2H3,(H,18,19)(H2,15,16,17,20). The highest BCUT2D eigenvalue weighted by Gasteiger charge is 2.20. The molecular formula is C13H15BrN2O4S. The van der Waals surface area contributed by atoms with Crippen molar-refractivity contribution in [1.29, 1.82) is 0 Å². The van der Waals surface area contributed by atoms with Crippen LogP contribution in [0.15, 0.2) is 27.6 Å². The van der Waals surface area contributed by atoms with E-state index >= 15 is 0 Å². The van der Waals surface area contributed by atoms with Crippen molar-refractivity contribution in [2.75, 3.05) is 6.54 Å². The molecule has 0 saturated carbocycles. The molecule has 0 radical (unpaired) electrons. The molecule has 0 saturated heterocycles. The van der Waals surface area contributed by atoms with Gasteiger partial charge in [-0.15, -0.1) is 11.8 Å². The molecule has 0 spiro atoms. The van der Waals surface area contributed by atoms with E-state index < -0.39 is 23.2 Å². The number of amides is 3. The molecule has 0 aromatic heterocycles. The zero-order valence-corrected chi connectivity index (χ0v) is 13.9. The highest BCUT2D eigenvalue weighted by Crippen LogP contribution is 2.30. The van der Waals surface area contributed by atoms with E-state index in [0.717, 1.165) is 11.8 Å². The molecule has 1 atom stereocenters. The molecule has 0 bridgehead atoms. The third-order valence-corrected chi connectivity index (χ3v) is 4.07.